The van der Waals surface area contributed by atoms with E-state index < -0.39 is 10.8 Å². The van der Waals surface area contributed by atoms with Crippen LogP contribution in [0.3, 0.4) is 0 Å². The molecule has 0 aromatic carbocycles. The van der Waals surface area contributed by atoms with E-state index >= 15 is 0 Å². The predicted molar refractivity (Wildman–Crippen MR) is 76.4 cm³/mol. The first-order valence-electron chi connectivity index (χ1n) is 6.91. The molecule has 0 radical (unpaired) electrons. The van der Waals surface area contributed by atoms with Crippen LogP contribution in [0.1, 0.15) is 29.6 Å². The molecule has 1 aromatic heterocycles. The normalized spacial score (nSPS) is 24.8. The maximum absolute atomic E-state index is 12.3. The first-order chi connectivity index (χ1) is 10.1. The molecule has 21 heavy (non-hydrogen) atoms. The number of carbonyl (C=O) groups excluding carboxylic acids is 1. The Balaban J connectivity index is 1.76. The number of hydrogen-bond acceptors (Lipinski definition) is 5. The van der Waals surface area contributed by atoms with Crippen LogP contribution < -0.4 is 5.32 Å². The third-order valence-corrected chi connectivity index (χ3v) is 4.50. The Morgan fingerprint density at radius 2 is 2.29 bits per heavy atom. The maximum atomic E-state index is 12.3. The van der Waals surface area contributed by atoms with Crippen LogP contribution in [0.2, 0.25) is 5.15 Å². The first kappa shape index (κ1) is 14.2. The summed E-state index contributed by atoms with van der Waals surface area (Å²) in [6.45, 7) is 2.06. The second-order valence-corrected chi connectivity index (χ2v) is 5.76. The average Bonchev–Trinajstić information content (AvgIpc) is 3.04. The molecule has 1 aromatic rings. The van der Waals surface area contributed by atoms with Crippen LogP contribution in [0.25, 0.3) is 0 Å². The minimum atomic E-state index is -0.589. The summed E-state index contributed by atoms with van der Waals surface area (Å²) >= 11 is 5.89. The van der Waals surface area contributed by atoms with Gasteiger partial charge in [0.05, 0.1) is 10.5 Å². The van der Waals surface area contributed by atoms with Gasteiger partial charge in [-0.25, -0.2) is 4.98 Å². The van der Waals surface area contributed by atoms with Gasteiger partial charge in [0.1, 0.15) is 11.3 Å². The van der Waals surface area contributed by atoms with Gasteiger partial charge in [-0.2, -0.15) is 0 Å². The lowest BCUT2D eigenvalue weighted by molar-refractivity contribution is -0.385. The molecule has 3 heterocycles. The van der Waals surface area contributed by atoms with Gasteiger partial charge in [-0.05, 0) is 25.8 Å². The van der Waals surface area contributed by atoms with Crippen molar-refractivity contribution in [3.63, 3.8) is 0 Å². The van der Waals surface area contributed by atoms with E-state index in [0.29, 0.717) is 6.04 Å². The van der Waals surface area contributed by atoms with Crippen molar-refractivity contribution in [2.75, 3.05) is 13.1 Å². The Hall–Kier alpha value is -1.73. The zero-order chi connectivity index (χ0) is 15.0. The minimum absolute atomic E-state index is 0.0145. The Kier molecular flexibility index (Phi) is 3.77. The zero-order valence-corrected chi connectivity index (χ0v) is 12.0. The van der Waals surface area contributed by atoms with Crippen molar-refractivity contribution in [1.82, 2.24) is 15.2 Å². The summed E-state index contributed by atoms with van der Waals surface area (Å²) in [5.41, 5.74) is -0.180. The van der Waals surface area contributed by atoms with Gasteiger partial charge in [0.15, 0.2) is 0 Å². The van der Waals surface area contributed by atoms with Gasteiger partial charge in [0.2, 0.25) is 0 Å². The van der Waals surface area contributed by atoms with Crippen LogP contribution in [0.5, 0.6) is 0 Å². The van der Waals surface area contributed by atoms with E-state index in [0.717, 1.165) is 38.5 Å². The van der Waals surface area contributed by atoms with E-state index in [-0.39, 0.29) is 22.4 Å². The molecule has 8 heteroatoms. The van der Waals surface area contributed by atoms with Crippen LogP contribution in [0, 0.1) is 10.1 Å². The molecule has 2 atom stereocenters. The quantitative estimate of drug-likeness (QED) is 0.520. The average molecular weight is 311 g/mol. The number of nitrogens with one attached hydrogen (secondary N) is 1. The molecule has 2 unspecified atom stereocenters. The molecule has 1 N–H and O–H groups in total. The lowest BCUT2D eigenvalue weighted by atomic mass is 10.1. The van der Waals surface area contributed by atoms with Crippen molar-refractivity contribution in [2.45, 2.75) is 31.3 Å². The van der Waals surface area contributed by atoms with E-state index in [2.05, 4.69) is 15.2 Å². The van der Waals surface area contributed by atoms with Crippen LogP contribution in [0.4, 0.5) is 5.69 Å². The fourth-order valence-corrected chi connectivity index (χ4v) is 3.38. The fourth-order valence-electron chi connectivity index (χ4n) is 3.19. The monoisotopic (exact) mass is 310 g/mol. The number of pyridine rings is 1. The van der Waals surface area contributed by atoms with E-state index in [9.17, 15) is 14.9 Å². The van der Waals surface area contributed by atoms with E-state index in [1.807, 2.05) is 0 Å². The lowest BCUT2D eigenvalue weighted by Gasteiger charge is -2.21. The number of nitro groups is 1. The molecular weight excluding hydrogens is 296 g/mol. The second kappa shape index (κ2) is 5.57. The maximum Gasteiger partial charge on any atom is 0.288 e. The van der Waals surface area contributed by atoms with E-state index in [1.165, 1.54) is 6.07 Å². The van der Waals surface area contributed by atoms with E-state index in [4.69, 9.17) is 11.6 Å². The van der Waals surface area contributed by atoms with Crippen molar-refractivity contribution in [3.05, 3.63) is 33.1 Å². The molecule has 2 aliphatic rings. The molecule has 112 valence electrons. The standard InChI is InChI=1S/C13H15ClN4O3/c14-12-9(6-8(7-15-12)18(20)21)13(19)16-10-3-5-17-4-1-2-11(10)17/h6-7,10-11H,1-5H2,(H,16,19). The first-order valence-corrected chi connectivity index (χ1v) is 7.29. The largest absolute Gasteiger partial charge is 0.348 e. The molecule has 1 amide bonds. The van der Waals surface area contributed by atoms with Crippen molar-refractivity contribution < 1.29 is 9.72 Å². The van der Waals surface area contributed by atoms with Crippen LogP contribution in [-0.2, 0) is 0 Å². The highest BCUT2D eigenvalue weighted by atomic mass is 35.5. The fraction of sp³-hybridized carbons (Fsp3) is 0.538. The summed E-state index contributed by atoms with van der Waals surface area (Å²) in [5.74, 6) is -0.394. The zero-order valence-electron chi connectivity index (χ0n) is 11.3. The molecule has 0 aliphatic carbocycles. The summed E-state index contributed by atoms with van der Waals surface area (Å²) < 4.78 is 0. The third kappa shape index (κ3) is 2.71. The number of fused-ring (bicyclic) bond motifs is 1. The summed E-state index contributed by atoms with van der Waals surface area (Å²) in [4.78, 5) is 28.6. The molecule has 3 rings (SSSR count). The molecule has 2 aliphatic heterocycles. The topological polar surface area (TPSA) is 88.4 Å². The minimum Gasteiger partial charge on any atom is -0.348 e. The Labute approximate surface area is 126 Å². The summed E-state index contributed by atoms with van der Waals surface area (Å²) in [6, 6.07) is 1.63. The number of rotatable bonds is 3. The van der Waals surface area contributed by atoms with Crippen molar-refractivity contribution in [1.29, 1.82) is 0 Å². The number of hydrogen-bond donors (Lipinski definition) is 1. The highest BCUT2D eigenvalue weighted by molar-refractivity contribution is 6.32. The van der Waals surface area contributed by atoms with Crippen molar-refractivity contribution in [3.8, 4) is 0 Å². The number of aromatic nitrogens is 1. The van der Waals surface area contributed by atoms with Crippen LogP contribution in [-0.4, -0.2) is 45.9 Å². The molecule has 0 spiro atoms. The molecular formula is C13H15ClN4O3. The highest BCUT2D eigenvalue weighted by Gasteiger charge is 2.38. The highest BCUT2D eigenvalue weighted by Crippen LogP contribution is 2.28. The smallest absolute Gasteiger partial charge is 0.288 e. The van der Waals surface area contributed by atoms with Gasteiger partial charge in [-0.15, -0.1) is 0 Å². The molecule has 0 saturated carbocycles. The molecule has 2 fully saturated rings. The summed E-state index contributed by atoms with van der Waals surface area (Å²) in [5, 5.41) is 13.7. The Morgan fingerprint density at radius 3 is 3.05 bits per heavy atom. The van der Waals surface area contributed by atoms with Gasteiger partial charge in [0, 0.05) is 24.7 Å². The van der Waals surface area contributed by atoms with Gasteiger partial charge >= 0.3 is 0 Å². The Morgan fingerprint density at radius 1 is 1.48 bits per heavy atom. The second-order valence-electron chi connectivity index (χ2n) is 5.40. The summed E-state index contributed by atoms with van der Waals surface area (Å²) in [7, 11) is 0. The SMILES string of the molecule is O=C(NC1CCN2CCCC12)c1cc([N+](=O)[O-])cnc1Cl. The number of amides is 1. The predicted octanol–water partition coefficient (Wildman–Crippen LogP) is 1.61. The van der Waals surface area contributed by atoms with Gasteiger partial charge in [0.25, 0.3) is 11.6 Å². The van der Waals surface area contributed by atoms with Crippen LogP contribution >= 0.6 is 11.6 Å². The van der Waals surface area contributed by atoms with Crippen LogP contribution in [0.15, 0.2) is 12.3 Å². The third-order valence-electron chi connectivity index (χ3n) is 4.20. The summed E-state index contributed by atoms with van der Waals surface area (Å²) in [6.07, 6.45) is 4.17. The van der Waals surface area contributed by atoms with Gasteiger partial charge in [-0.1, -0.05) is 11.6 Å². The van der Waals surface area contributed by atoms with Crippen molar-refractivity contribution in [2.24, 2.45) is 0 Å². The molecule has 2 saturated heterocycles. The lowest BCUT2D eigenvalue weighted by Crippen LogP contribution is -2.42. The van der Waals surface area contributed by atoms with Gasteiger partial charge < -0.3 is 5.32 Å². The molecule has 7 nitrogen and oxygen atoms in total. The van der Waals surface area contributed by atoms with Gasteiger partial charge in [-0.3, -0.25) is 19.8 Å². The number of nitrogens with zero attached hydrogens (tertiary/aromatic N) is 3. The number of carbonyl (C=O) groups is 1. The number of halogens is 1. The van der Waals surface area contributed by atoms with Crippen molar-refractivity contribution >= 4 is 23.2 Å². The molecule has 0 bridgehead atoms. The van der Waals surface area contributed by atoms with E-state index in [1.54, 1.807) is 0 Å². The Bertz CT molecular complexity index is 595.